The smallest absolute Gasteiger partial charge is 0.328 e. The summed E-state index contributed by atoms with van der Waals surface area (Å²) in [6.45, 7) is -0.0173. The number of nitrogens with zero attached hydrogens (tertiary/aromatic N) is 3. The highest BCUT2D eigenvalue weighted by atomic mass is 16.4. The molecule has 0 saturated heterocycles. The minimum atomic E-state index is -0.0173. The Bertz CT molecular complexity index is 2420. The second-order valence-corrected chi connectivity index (χ2v) is 11.2. The average Bonchev–Trinajstić information content (AvgIpc) is 3.80. The molecule has 0 aliphatic carbocycles. The molecule has 0 bridgehead atoms. The zero-order valence-corrected chi connectivity index (χ0v) is 23.7. The Labute approximate surface area is 253 Å². The first-order valence-electron chi connectivity index (χ1n) is 14.8. The lowest BCUT2D eigenvalue weighted by Crippen LogP contribution is -2.48. The van der Waals surface area contributed by atoms with E-state index in [4.69, 9.17) is 4.42 Å². The Morgan fingerprint density at radius 1 is 0.477 bits per heavy atom. The SMILES string of the molecule is c1ccc(B(c2ccccc2)n2c3ccccc3c3ccc(-c4nnc(-c5ccc6c(c5)[nH]c5ccccc56)o4)cc32)cc1. The number of para-hydroxylation sites is 2. The molecule has 0 amide bonds. The predicted molar refractivity (Wildman–Crippen MR) is 181 cm³/mol. The number of nitrogens with one attached hydrogen (secondary N) is 1. The maximum atomic E-state index is 6.33. The van der Waals surface area contributed by atoms with E-state index in [0.29, 0.717) is 11.8 Å². The van der Waals surface area contributed by atoms with Crippen LogP contribution in [-0.4, -0.2) is 26.5 Å². The molecule has 0 aliphatic heterocycles. The summed E-state index contributed by atoms with van der Waals surface area (Å²) in [5, 5.41) is 13.7. The molecule has 0 atom stereocenters. The molecule has 5 nitrogen and oxygen atoms in total. The molecule has 0 saturated carbocycles. The Kier molecular flexibility index (Phi) is 5.53. The van der Waals surface area contributed by atoms with E-state index >= 15 is 0 Å². The van der Waals surface area contributed by atoms with Crippen LogP contribution in [0.15, 0.2) is 150 Å². The van der Waals surface area contributed by atoms with Gasteiger partial charge in [0.2, 0.25) is 11.8 Å². The van der Waals surface area contributed by atoms with Crippen molar-refractivity contribution >= 4 is 61.4 Å². The minimum Gasteiger partial charge on any atom is -0.416 e. The first-order valence-corrected chi connectivity index (χ1v) is 14.8. The van der Waals surface area contributed by atoms with Crippen molar-refractivity contribution in [3.63, 3.8) is 0 Å². The standard InChI is InChI=1S/C38H25BN4O/c1-3-11-27(12-4-1)39(28-13-5-2-6-14-28)43-35-18-10-8-16-31(35)32-22-20-26(24-36(32)43)38-42-41-37(44-38)25-19-21-30-29-15-7-9-17-33(29)40-34(30)23-25/h1-24,40H. The molecule has 0 spiro atoms. The fourth-order valence-electron chi connectivity index (χ4n) is 6.62. The molecule has 6 heteroatoms. The largest absolute Gasteiger partial charge is 0.416 e. The van der Waals surface area contributed by atoms with Gasteiger partial charge in [-0.1, -0.05) is 120 Å². The van der Waals surface area contributed by atoms with Crippen LogP contribution in [0.2, 0.25) is 0 Å². The van der Waals surface area contributed by atoms with Gasteiger partial charge >= 0.3 is 6.85 Å². The Hall–Kier alpha value is -5.88. The zero-order valence-electron chi connectivity index (χ0n) is 23.7. The quantitative estimate of drug-likeness (QED) is 0.217. The molecule has 0 unspecified atom stereocenters. The van der Waals surface area contributed by atoms with Crippen LogP contribution < -0.4 is 10.9 Å². The lowest BCUT2D eigenvalue weighted by Gasteiger charge is -2.19. The van der Waals surface area contributed by atoms with Crippen LogP contribution in [0, 0.1) is 0 Å². The number of fused-ring (bicyclic) bond motifs is 6. The van der Waals surface area contributed by atoms with Crippen molar-refractivity contribution in [3.8, 4) is 22.9 Å². The highest BCUT2D eigenvalue weighted by Crippen LogP contribution is 2.34. The fraction of sp³-hybridized carbons (Fsp3) is 0. The maximum absolute atomic E-state index is 6.33. The van der Waals surface area contributed by atoms with E-state index in [-0.39, 0.29) is 6.85 Å². The van der Waals surface area contributed by atoms with Crippen LogP contribution in [-0.2, 0) is 0 Å². The van der Waals surface area contributed by atoms with E-state index in [1.54, 1.807) is 0 Å². The Balaban J connectivity index is 1.20. The molecule has 9 rings (SSSR count). The normalized spacial score (nSPS) is 11.6. The third-order valence-corrected chi connectivity index (χ3v) is 8.62. The number of hydrogen-bond donors (Lipinski definition) is 1. The van der Waals surface area contributed by atoms with Gasteiger partial charge in [0.1, 0.15) is 0 Å². The lowest BCUT2D eigenvalue weighted by atomic mass is 9.50. The summed E-state index contributed by atoms with van der Waals surface area (Å²) < 4.78 is 8.77. The number of hydrogen-bond acceptors (Lipinski definition) is 3. The highest BCUT2D eigenvalue weighted by molar-refractivity contribution is 6.85. The molecular formula is C38H25BN4O. The van der Waals surface area contributed by atoms with Crippen molar-refractivity contribution in [1.29, 1.82) is 0 Å². The Morgan fingerprint density at radius 2 is 1.02 bits per heavy atom. The van der Waals surface area contributed by atoms with Gasteiger partial charge in [0.25, 0.3) is 0 Å². The van der Waals surface area contributed by atoms with Gasteiger partial charge in [-0.05, 0) is 36.4 Å². The van der Waals surface area contributed by atoms with Gasteiger partial charge in [-0.3, -0.25) is 0 Å². The van der Waals surface area contributed by atoms with Crippen LogP contribution in [0.25, 0.3) is 66.5 Å². The summed E-state index contributed by atoms with van der Waals surface area (Å²) >= 11 is 0. The molecule has 0 aliphatic rings. The maximum Gasteiger partial charge on any atom is 0.328 e. The van der Waals surface area contributed by atoms with Crippen LogP contribution in [0.5, 0.6) is 0 Å². The molecule has 9 aromatic rings. The fourth-order valence-corrected chi connectivity index (χ4v) is 6.62. The average molecular weight is 564 g/mol. The number of benzene rings is 6. The van der Waals surface area contributed by atoms with E-state index in [0.717, 1.165) is 27.7 Å². The molecule has 0 fully saturated rings. The topological polar surface area (TPSA) is 59.6 Å². The number of aromatic nitrogens is 4. The molecule has 6 aromatic carbocycles. The van der Waals surface area contributed by atoms with Crippen LogP contribution >= 0.6 is 0 Å². The van der Waals surface area contributed by atoms with Gasteiger partial charge in [-0.15, -0.1) is 10.2 Å². The zero-order chi connectivity index (χ0) is 29.0. The van der Waals surface area contributed by atoms with Gasteiger partial charge in [0, 0.05) is 54.7 Å². The summed E-state index contributed by atoms with van der Waals surface area (Å²) in [4.78, 5) is 3.51. The minimum absolute atomic E-state index is 0.0173. The first kappa shape index (κ1) is 24.7. The van der Waals surface area contributed by atoms with Crippen LogP contribution in [0.1, 0.15) is 0 Å². The summed E-state index contributed by atoms with van der Waals surface area (Å²) in [5.74, 6) is 0.985. The summed E-state index contributed by atoms with van der Waals surface area (Å²) in [6, 6.07) is 51.0. The van der Waals surface area contributed by atoms with Gasteiger partial charge in [0.15, 0.2) is 0 Å². The molecular weight excluding hydrogens is 539 g/mol. The molecule has 0 radical (unpaired) electrons. The predicted octanol–water partition coefficient (Wildman–Crippen LogP) is 7.80. The van der Waals surface area contributed by atoms with Gasteiger partial charge < -0.3 is 13.9 Å². The van der Waals surface area contributed by atoms with Crippen molar-refractivity contribution in [2.75, 3.05) is 0 Å². The van der Waals surface area contributed by atoms with Crippen molar-refractivity contribution in [2.45, 2.75) is 0 Å². The number of aromatic amines is 1. The van der Waals surface area contributed by atoms with E-state index in [1.165, 1.54) is 38.0 Å². The van der Waals surface area contributed by atoms with Crippen LogP contribution in [0.3, 0.4) is 0 Å². The van der Waals surface area contributed by atoms with E-state index in [1.807, 2.05) is 12.1 Å². The second kappa shape index (κ2) is 9.85. The molecule has 3 heterocycles. The summed E-state index contributed by atoms with van der Waals surface area (Å²) in [5.41, 5.74) is 8.65. The van der Waals surface area contributed by atoms with Gasteiger partial charge in [-0.25, -0.2) is 0 Å². The van der Waals surface area contributed by atoms with E-state index in [9.17, 15) is 0 Å². The number of rotatable bonds is 5. The Morgan fingerprint density at radius 3 is 1.75 bits per heavy atom. The number of H-pyrrole nitrogens is 1. The molecule has 44 heavy (non-hydrogen) atoms. The monoisotopic (exact) mass is 564 g/mol. The van der Waals surface area contributed by atoms with Gasteiger partial charge in [-0.2, -0.15) is 0 Å². The van der Waals surface area contributed by atoms with Crippen molar-refractivity contribution in [1.82, 2.24) is 19.7 Å². The lowest BCUT2D eigenvalue weighted by molar-refractivity contribution is 0.585. The van der Waals surface area contributed by atoms with Crippen LogP contribution in [0.4, 0.5) is 0 Å². The van der Waals surface area contributed by atoms with Crippen molar-refractivity contribution in [2.24, 2.45) is 0 Å². The van der Waals surface area contributed by atoms with Gasteiger partial charge in [0.05, 0.1) is 0 Å². The van der Waals surface area contributed by atoms with E-state index < -0.39 is 0 Å². The van der Waals surface area contributed by atoms with Crippen molar-refractivity contribution < 1.29 is 4.42 Å². The molecule has 3 aromatic heterocycles. The first-order chi connectivity index (χ1) is 21.8. The van der Waals surface area contributed by atoms with Crippen molar-refractivity contribution in [3.05, 3.63) is 146 Å². The highest BCUT2D eigenvalue weighted by Gasteiger charge is 2.27. The summed E-state index contributed by atoms with van der Waals surface area (Å²) in [7, 11) is 0. The third-order valence-electron chi connectivity index (χ3n) is 8.62. The second-order valence-electron chi connectivity index (χ2n) is 11.2. The third kappa shape index (κ3) is 3.88. The summed E-state index contributed by atoms with van der Waals surface area (Å²) in [6.07, 6.45) is 0. The molecule has 1 N–H and O–H groups in total. The van der Waals surface area contributed by atoms with E-state index in [2.05, 4.69) is 153 Å². The molecule has 206 valence electrons.